The number of aromatic nitrogens is 2. The third-order valence-corrected chi connectivity index (χ3v) is 5.10. The van der Waals surface area contributed by atoms with Crippen LogP contribution in [0.3, 0.4) is 0 Å². The molecule has 6 nitrogen and oxygen atoms in total. The van der Waals surface area contributed by atoms with E-state index in [1.54, 1.807) is 46.9 Å². The molecular weight excluding hydrogens is 366 g/mol. The van der Waals surface area contributed by atoms with Crippen molar-refractivity contribution in [2.24, 2.45) is 0 Å². The van der Waals surface area contributed by atoms with E-state index in [0.29, 0.717) is 41.1 Å². The Hall–Kier alpha value is -3.15. The second-order valence-electron chi connectivity index (χ2n) is 6.94. The highest BCUT2D eigenvalue weighted by Gasteiger charge is 2.26. The first kappa shape index (κ1) is 20.6. The minimum Gasteiger partial charge on any atom is -0.497 e. The Morgan fingerprint density at radius 3 is 2.62 bits per heavy atom. The van der Waals surface area contributed by atoms with E-state index in [2.05, 4.69) is 0 Å². The van der Waals surface area contributed by atoms with E-state index in [9.17, 15) is 9.59 Å². The van der Waals surface area contributed by atoms with Gasteiger partial charge in [-0.25, -0.2) is 4.98 Å². The molecule has 6 heteroatoms. The summed E-state index contributed by atoms with van der Waals surface area (Å²) >= 11 is 0. The lowest BCUT2D eigenvalue weighted by atomic mass is 10.1. The van der Waals surface area contributed by atoms with Crippen LogP contribution in [0, 0.1) is 0 Å². The molecule has 29 heavy (non-hydrogen) atoms. The summed E-state index contributed by atoms with van der Waals surface area (Å²) in [4.78, 5) is 32.8. The van der Waals surface area contributed by atoms with Crippen molar-refractivity contribution in [2.45, 2.75) is 39.8 Å². The number of carbonyl (C=O) groups is 1. The van der Waals surface area contributed by atoms with Crippen molar-refractivity contribution < 1.29 is 9.53 Å². The van der Waals surface area contributed by atoms with Crippen LogP contribution in [0.4, 0.5) is 0 Å². The number of carbonyl (C=O) groups excluding carboxylic acids is 1. The summed E-state index contributed by atoms with van der Waals surface area (Å²) in [5, 5.41) is 0.596. The maximum atomic E-state index is 13.2. The molecule has 0 aliphatic heterocycles. The van der Waals surface area contributed by atoms with E-state index in [1.807, 2.05) is 39.0 Å². The zero-order valence-corrected chi connectivity index (χ0v) is 17.4. The summed E-state index contributed by atoms with van der Waals surface area (Å²) in [7, 11) is 1.58. The summed E-state index contributed by atoms with van der Waals surface area (Å²) in [6.07, 6.45) is 0.801. The molecule has 0 spiro atoms. The highest BCUT2D eigenvalue weighted by molar-refractivity contribution is 5.94. The SMILES string of the molecule is CCCn1c(C(C)N(CC)C(=O)c2cccc(OC)c2)nc2ccccc2c1=O. The Bertz CT molecular complexity index is 1070. The molecular formula is C23H27N3O3. The Morgan fingerprint density at radius 1 is 1.17 bits per heavy atom. The largest absolute Gasteiger partial charge is 0.497 e. The van der Waals surface area contributed by atoms with Gasteiger partial charge < -0.3 is 9.64 Å². The molecule has 1 aromatic heterocycles. The van der Waals surface area contributed by atoms with E-state index in [0.717, 1.165) is 6.42 Å². The van der Waals surface area contributed by atoms with Gasteiger partial charge in [-0.1, -0.05) is 25.1 Å². The zero-order valence-electron chi connectivity index (χ0n) is 17.4. The second-order valence-corrected chi connectivity index (χ2v) is 6.94. The molecule has 3 aromatic rings. The summed E-state index contributed by atoms with van der Waals surface area (Å²) in [5.41, 5.74) is 1.13. The van der Waals surface area contributed by atoms with Crippen molar-refractivity contribution in [1.29, 1.82) is 0 Å². The number of para-hydroxylation sites is 1. The highest BCUT2D eigenvalue weighted by atomic mass is 16.5. The van der Waals surface area contributed by atoms with Gasteiger partial charge in [0.1, 0.15) is 11.6 Å². The lowest BCUT2D eigenvalue weighted by Gasteiger charge is -2.29. The first-order chi connectivity index (χ1) is 14.0. The summed E-state index contributed by atoms with van der Waals surface area (Å²) in [6, 6.07) is 14.1. The molecule has 0 aliphatic rings. The van der Waals surface area contributed by atoms with Crippen molar-refractivity contribution in [3.05, 3.63) is 70.3 Å². The molecule has 1 atom stereocenters. The number of benzene rings is 2. The van der Waals surface area contributed by atoms with Crippen molar-refractivity contribution in [3.8, 4) is 5.75 Å². The molecule has 2 aromatic carbocycles. The lowest BCUT2D eigenvalue weighted by molar-refractivity contribution is 0.0690. The molecule has 3 rings (SSSR count). The van der Waals surface area contributed by atoms with Gasteiger partial charge >= 0.3 is 0 Å². The number of fused-ring (bicyclic) bond motifs is 1. The van der Waals surface area contributed by atoms with Gasteiger partial charge in [-0.3, -0.25) is 14.2 Å². The third-order valence-electron chi connectivity index (χ3n) is 5.10. The van der Waals surface area contributed by atoms with Crippen LogP contribution in [0.2, 0.25) is 0 Å². The normalized spacial score (nSPS) is 12.0. The van der Waals surface area contributed by atoms with E-state index in [1.165, 1.54) is 0 Å². The van der Waals surface area contributed by atoms with E-state index >= 15 is 0 Å². The van der Waals surface area contributed by atoms with Gasteiger partial charge in [-0.05, 0) is 50.6 Å². The Kier molecular flexibility index (Phi) is 6.32. The maximum Gasteiger partial charge on any atom is 0.261 e. The number of amides is 1. The van der Waals surface area contributed by atoms with Crippen LogP contribution < -0.4 is 10.3 Å². The summed E-state index contributed by atoms with van der Waals surface area (Å²) in [5.74, 6) is 1.12. The monoisotopic (exact) mass is 393 g/mol. The summed E-state index contributed by atoms with van der Waals surface area (Å²) < 4.78 is 6.95. The van der Waals surface area contributed by atoms with Crippen LogP contribution >= 0.6 is 0 Å². The predicted molar refractivity (Wildman–Crippen MR) is 114 cm³/mol. The number of nitrogens with zero attached hydrogens (tertiary/aromatic N) is 3. The molecule has 0 saturated carbocycles. The first-order valence-electron chi connectivity index (χ1n) is 9.96. The van der Waals surface area contributed by atoms with Crippen molar-refractivity contribution in [3.63, 3.8) is 0 Å². The topological polar surface area (TPSA) is 64.4 Å². The van der Waals surface area contributed by atoms with Crippen LogP contribution in [0.25, 0.3) is 10.9 Å². The average molecular weight is 393 g/mol. The fraction of sp³-hybridized carbons (Fsp3) is 0.348. The van der Waals surface area contributed by atoms with Crippen molar-refractivity contribution in [2.75, 3.05) is 13.7 Å². The smallest absolute Gasteiger partial charge is 0.261 e. The fourth-order valence-electron chi connectivity index (χ4n) is 3.60. The van der Waals surface area contributed by atoms with E-state index in [4.69, 9.17) is 9.72 Å². The van der Waals surface area contributed by atoms with Gasteiger partial charge in [0.05, 0.1) is 24.1 Å². The van der Waals surface area contributed by atoms with Gasteiger partial charge in [0.2, 0.25) is 0 Å². The predicted octanol–water partition coefficient (Wildman–Crippen LogP) is 4.04. The highest BCUT2D eigenvalue weighted by Crippen LogP contribution is 2.23. The van der Waals surface area contributed by atoms with Gasteiger partial charge in [0, 0.05) is 18.7 Å². The molecule has 1 amide bonds. The molecule has 0 aliphatic carbocycles. The Morgan fingerprint density at radius 2 is 1.93 bits per heavy atom. The number of ether oxygens (including phenoxy) is 1. The standard InChI is InChI=1S/C23H27N3O3/c1-5-14-26-21(24-20-13-8-7-12-19(20)23(26)28)16(3)25(6-2)22(27)17-10-9-11-18(15-17)29-4/h7-13,15-16H,5-6,14H2,1-4H3. The van der Waals surface area contributed by atoms with E-state index < -0.39 is 0 Å². The first-order valence-corrected chi connectivity index (χ1v) is 9.96. The molecule has 0 fully saturated rings. The second kappa shape index (κ2) is 8.90. The van der Waals surface area contributed by atoms with E-state index in [-0.39, 0.29) is 17.5 Å². The lowest BCUT2D eigenvalue weighted by Crippen LogP contribution is -2.37. The molecule has 0 radical (unpaired) electrons. The van der Waals surface area contributed by atoms with Gasteiger partial charge in [-0.15, -0.1) is 0 Å². The van der Waals surface area contributed by atoms with Crippen LogP contribution in [0.1, 0.15) is 49.4 Å². The molecule has 0 N–H and O–H groups in total. The molecule has 1 heterocycles. The van der Waals surface area contributed by atoms with Crippen LogP contribution in [0.15, 0.2) is 53.3 Å². The molecule has 0 saturated heterocycles. The fourth-order valence-corrected chi connectivity index (χ4v) is 3.60. The van der Waals surface area contributed by atoms with Crippen LogP contribution in [-0.2, 0) is 6.54 Å². The molecule has 1 unspecified atom stereocenters. The number of rotatable bonds is 7. The Balaban J connectivity index is 2.08. The number of hydrogen-bond donors (Lipinski definition) is 0. The minimum absolute atomic E-state index is 0.0656. The van der Waals surface area contributed by atoms with Crippen LogP contribution in [-0.4, -0.2) is 34.0 Å². The maximum absolute atomic E-state index is 13.2. The molecule has 152 valence electrons. The van der Waals surface area contributed by atoms with Crippen molar-refractivity contribution >= 4 is 16.8 Å². The van der Waals surface area contributed by atoms with Crippen LogP contribution in [0.5, 0.6) is 5.75 Å². The van der Waals surface area contributed by atoms with Crippen molar-refractivity contribution in [1.82, 2.24) is 14.5 Å². The van der Waals surface area contributed by atoms with Gasteiger partial charge in [0.25, 0.3) is 11.5 Å². The zero-order chi connectivity index (χ0) is 21.0. The Labute approximate surface area is 170 Å². The number of methoxy groups -OCH3 is 1. The number of hydrogen-bond acceptors (Lipinski definition) is 4. The third kappa shape index (κ3) is 4.01. The minimum atomic E-state index is -0.359. The average Bonchev–Trinajstić information content (AvgIpc) is 2.76. The summed E-state index contributed by atoms with van der Waals surface area (Å²) in [6.45, 7) is 6.92. The quantitative estimate of drug-likeness (QED) is 0.608. The molecule has 0 bridgehead atoms. The van der Waals surface area contributed by atoms with Gasteiger partial charge in [-0.2, -0.15) is 0 Å². The van der Waals surface area contributed by atoms with Gasteiger partial charge in [0.15, 0.2) is 0 Å².